The molecule has 0 spiro atoms. The topological polar surface area (TPSA) is 101 Å². The predicted octanol–water partition coefficient (Wildman–Crippen LogP) is 2.15. The summed E-state index contributed by atoms with van der Waals surface area (Å²) in [7, 11) is 3.69. The number of hydrogen-bond donors (Lipinski definition) is 3. The summed E-state index contributed by atoms with van der Waals surface area (Å²) in [6.45, 7) is 9.30. The summed E-state index contributed by atoms with van der Waals surface area (Å²) in [4.78, 5) is 16.8. The van der Waals surface area contributed by atoms with Crippen molar-refractivity contribution in [3.05, 3.63) is 71.6 Å². The Balaban J connectivity index is 2.36. The number of nitrogens with zero attached hydrogens (tertiary/aromatic N) is 4. The molecule has 2 rings (SSSR count). The molecular weight excluding hydrogens is 354 g/mol. The second-order valence-electron chi connectivity index (χ2n) is 6.20. The molecule has 2 aromatic rings. The van der Waals surface area contributed by atoms with Crippen molar-refractivity contribution in [2.45, 2.75) is 20.8 Å². The molecule has 0 aliphatic rings. The average molecular weight is 381 g/mol. The smallest absolute Gasteiger partial charge is 0.257 e. The zero-order valence-corrected chi connectivity index (χ0v) is 16.9. The van der Waals surface area contributed by atoms with Crippen LogP contribution < -0.4 is 21.5 Å². The van der Waals surface area contributed by atoms with Crippen LogP contribution in [-0.2, 0) is 7.05 Å². The van der Waals surface area contributed by atoms with Crippen LogP contribution in [0.5, 0.6) is 0 Å². The van der Waals surface area contributed by atoms with Crippen molar-refractivity contribution in [3.8, 4) is 0 Å². The molecular formula is C20H27N7O. The number of aromatic nitrogens is 3. The van der Waals surface area contributed by atoms with E-state index in [0.29, 0.717) is 22.6 Å². The molecule has 2 aromatic heterocycles. The number of anilines is 1. The van der Waals surface area contributed by atoms with E-state index in [0.717, 1.165) is 17.0 Å². The lowest BCUT2D eigenvalue weighted by molar-refractivity contribution is 0.0966. The number of nitrogens with one attached hydrogen (secondary N) is 2. The van der Waals surface area contributed by atoms with Crippen LogP contribution in [0, 0.1) is 13.8 Å². The number of allylic oxidation sites excluding steroid dienone is 2. The molecule has 0 unspecified atom stereocenters. The Labute approximate surface area is 165 Å². The van der Waals surface area contributed by atoms with E-state index in [1.165, 1.54) is 11.2 Å². The zero-order chi connectivity index (χ0) is 20.8. The molecule has 0 saturated carbocycles. The number of rotatable bonds is 7. The number of nitrogens with two attached hydrogens (primary N) is 1. The van der Waals surface area contributed by atoms with Crippen LogP contribution >= 0.6 is 0 Å². The summed E-state index contributed by atoms with van der Waals surface area (Å²) in [6, 6.07) is 1.70. The normalized spacial score (nSPS) is 11.9. The summed E-state index contributed by atoms with van der Waals surface area (Å²) in [5, 5.41) is 11.6. The van der Waals surface area contributed by atoms with Crippen molar-refractivity contribution in [2.24, 2.45) is 12.9 Å². The van der Waals surface area contributed by atoms with Crippen LogP contribution in [0.2, 0.25) is 0 Å². The number of hydrazine groups is 1. The first-order valence-electron chi connectivity index (χ1n) is 8.81. The van der Waals surface area contributed by atoms with Gasteiger partial charge in [-0.25, -0.2) is 5.84 Å². The number of carbonyl (C=O) groups excluding carboxylic acids is 1. The Hall–Kier alpha value is -3.39. The van der Waals surface area contributed by atoms with Crippen molar-refractivity contribution < 1.29 is 4.79 Å². The van der Waals surface area contributed by atoms with Gasteiger partial charge in [-0.15, -0.1) is 0 Å². The Morgan fingerprint density at radius 3 is 2.61 bits per heavy atom. The van der Waals surface area contributed by atoms with Gasteiger partial charge in [0.05, 0.1) is 28.8 Å². The van der Waals surface area contributed by atoms with Gasteiger partial charge >= 0.3 is 0 Å². The highest BCUT2D eigenvalue weighted by molar-refractivity contribution is 5.96. The molecule has 0 radical (unpaired) electrons. The van der Waals surface area contributed by atoms with E-state index in [2.05, 4.69) is 27.3 Å². The van der Waals surface area contributed by atoms with Gasteiger partial charge in [-0.1, -0.05) is 12.7 Å². The third-order valence-electron chi connectivity index (χ3n) is 4.45. The van der Waals surface area contributed by atoms with Crippen LogP contribution in [0.15, 0.2) is 49.1 Å². The first-order valence-corrected chi connectivity index (χ1v) is 8.81. The van der Waals surface area contributed by atoms with Crippen molar-refractivity contribution in [3.63, 3.8) is 0 Å². The van der Waals surface area contributed by atoms with Crippen molar-refractivity contribution in [1.29, 1.82) is 0 Å². The Kier molecular flexibility index (Phi) is 6.73. The van der Waals surface area contributed by atoms with Crippen LogP contribution in [0.4, 0.5) is 5.69 Å². The van der Waals surface area contributed by atoms with Crippen molar-refractivity contribution in [1.82, 2.24) is 25.4 Å². The van der Waals surface area contributed by atoms with Gasteiger partial charge in [-0.2, -0.15) is 5.10 Å². The fourth-order valence-electron chi connectivity index (χ4n) is 2.59. The highest BCUT2D eigenvalue weighted by Gasteiger charge is 2.14. The lowest BCUT2D eigenvalue weighted by Crippen LogP contribution is -2.28. The van der Waals surface area contributed by atoms with Gasteiger partial charge in [-0.3, -0.25) is 19.5 Å². The van der Waals surface area contributed by atoms with E-state index in [9.17, 15) is 4.79 Å². The zero-order valence-electron chi connectivity index (χ0n) is 16.9. The summed E-state index contributed by atoms with van der Waals surface area (Å²) >= 11 is 0. The Morgan fingerprint density at radius 2 is 2.07 bits per heavy atom. The van der Waals surface area contributed by atoms with Crippen molar-refractivity contribution >= 4 is 17.3 Å². The standard InChI is InChI=1S/C20H27N7O/c1-7-16(8-2)25-20(28)15-9-19(13(3)23-10-15)27(21)12-18(22-5)17-11-24-26(6)14(17)4/h7-12,22H,1,21H2,2-6H3,(H,25,28)/b16-8+,18-12-. The summed E-state index contributed by atoms with van der Waals surface area (Å²) in [6.07, 6.45) is 8.38. The third-order valence-corrected chi connectivity index (χ3v) is 4.45. The monoisotopic (exact) mass is 381 g/mol. The maximum Gasteiger partial charge on any atom is 0.257 e. The quantitative estimate of drug-likeness (QED) is 0.386. The first-order chi connectivity index (χ1) is 13.3. The number of pyridine rings is 1. The number of aryl methyl sites for hydroxylation is 2. The van der Waals surface area contributed by atoms with Crippen LogP contribution in [0.1, 0.15) is 34.2 Å². The fraction of sp³-hybridized carbons (Fsp3) is 0.250. The van der Waals surface area contributed by atoms with E-state index in [-0.39, 0.29) is 5.91 Å². The molecule has 0 aromatic carbocycles. The van der Waals surface area contributed by atoms with Gasteiger partial charge in [-0.05, 0) is 32.9 Å². The molecule has 8 nitrogen and oxygen atoms in total. The summed E-state index contributed by atoms with van der Waals surface area (Å²) in [5.74, 6) is 6.00. The van der Waals surface area contributed by atoms with Crippen LogP contribution in [-0.4, -0.2) is 27.7 Å². The molecule has 0 bridgehead atoms. The minimum absolute atomic E-state index is 0.281. The van der Waals surface area contributed by atoms with Gasteiger partial charge in [0.1, 0.15) is 0 Å². The van der Waals surface area contributed by atoms with Gasteiger partial charge in [0.25, 0.3) is 5.91 Å². The van der Waals surface area contributed by atoms with Gasteiger partial charge in [0.15, 0.2) is 0 Å². The molecule has 4 N–H and O–H groups in total. The van der Waals surface area contributed by atoms with Gasteiger partial charge < -0.3 is 10.6 Å². The van der Waals surface area contributed by atoms with E-state index >= 15 is 0 Å². The number of carbonyl (C=O) groups is 1. The minimum Gasteiger partial charge on any atom is -0.386 e. The van der Waals surface area contributed by atoms with E-state index < -0.39 is 0 Å². The van der Waals surface area contributed by atoms with Crippen LogP contribution in [0.25, 0.3) is 5.70 Å². The number of amides is 1. The maximum absolute atomic E-state index is 12.5. The first kappa shape index (κ1) is 20.9. The predicted molar refractivity (Wildman–Crippen MR) is 112 cm³/mol. The fourth-order valence-corrected chi connectivity index (χ4v) is 2.59. The maximum atomic E-state index is 12.5. The van der Waals surface area contributed by atoms with Gasteiger partial charge in [0.2, 0.25) is 0 Å². The molecule has 0 fully saturated rings. The molecule has 0 saturated heterocycles. The third kappa shape index (κ3) is 4.47. The Bertz CT molecular complexity index is 940. The molecule has 8 heteroatoms. The lowest BCUT2D eigenvalue weighted by Gasteiger charge is -2.19. The average Bonchev–Trinajstić information content (AvgIpc) is 3.02. The summed E-state index contributed by atoms with van der Waals surface area (Å²) in [5.41, 5.74) is 5.07. The molecule has 148 valence electrons. The highest BCUT2D eigenvalue weighted by atomic mass is 16.1. The second-order valence-corrected chi connectivity index (χ2v) is 6.20. The van der Waals surface area contributed by atoms with Gasteiger partial charge in [0, 0.05) is 43.4 Å². The molecule has 0 aliphatic carbocycles. The SMILES string of the molecule is C=C/C(=C\C)NC(=O)c1cnc(C)c(N(N)/C=C(\NC)c2cnn(C)c2C)c1. The molecule has 1 amide bonds. The second kappa shape index (κ2) is 9.01. The largest absolute Gasteiger partial charge is 0.386 e. The highest BCUT2D eigenvalue weighted by Crippen LogP contribution is 2.21. The molecule has 2 heterocycles. The number of hydrogen-bond acceptors (Lipinski definition) is 6. The van der Waals surface area contributed by atoms with Crippen molar-refractivity contribution in [2.75, 3.05) is 12.1 Å². The van der Waals surface area contributed by atoms with E-state index in [1.807, 2.05) is 34.9 Å². The van der Waals surface area contributed by atoms with E-state index in [4.69, 9.17) is 5.84 Å². The molecule has 28 heavy (non-hydrogen) atoms. The molecule has 0 atom stereocenters. The molecule has 0 aliphatic heterocycles. The minimum atomic E-state index is -0.281. The summed E-state index contributed by atoms with van der Waals surface area (Å²) < 4.78 is 1.79. The van der Waals surface area contributed by atoms with E-state index in [1.54, 1.807) is 35.3 Å². The Morgan fingerprint density at radius 1 is 1.36 bits per heavy atom. The lowest BCUT2D eigenvalue weighted by atomic mass is 10.2. The van der Waals surface area contributed by atoms with Crippen LogP contribution in [0.3, 0.4) is 0 Å².